The van der Waals surface area contributed by atoms with Crippen LogP contribution in [0.25, 0.3) is 5.65 Å². The minimum atomic E-state index is 0.0397. The lowest BCUT2D eigenvalue weighted by molar-refractivity contribution is 0.340. The summed E-state index contributed by atoms with van der Waals surface area (Å²) in [6, 6.07) is 14.1. The predicted molar refractivity (Wildman–Crippen MR) is 95.7 cm³/mol. The molecule has 1 aliphatic heterocycles. The quantitative estimate of drug-likeness (QED) is 0.734. The molecule has 1 unspecified atom stereocenters. The molecule has 5 nitrogen and oxygen atoms in total. The standard InChI is InChI=1S/C19H18N4O/c1-2-24-16-8-6-15(7-9-16)23-14-20-11-10-17(23)18-13-21-19-5-3-4-12-22(18)19/h3-14,17H,2H2,1H3. The first-order chi connectivity index (χ1) is 11.9. The summed E-state index contributed by atoms with van der Waals surface area (Å²) < 4.78 is 7.63. The van der Waals surface area contributed by atoms with E-state index in [0.717, 1.165) is 22.8 Å². The van der Waals surface area contributed by atoms with Crippen molar-refractivity contribution < 1.29 is 4.74 Å². The third-order valence-electron chi connectivity index (χ3n) is 4.04. The Balaban J connectivity index is 1.71. The monoisotopic (exact) mass is 318 g/mol. The van der Waals surface area contributed by atoms with Gasteiger partial charge in [-0.15, -0.1) is 0 Å². The van der Waals surface area contributed by atoms with Gasteiger partial charge < -0.3 is 14.0 Å². The van der Waals surface area contributed by atoms with Gasteiger partial charge >= 0.3 is 0 Å². The molecule has 120 valence electrons. The van der Waals surface area contributed by atoms with E-state index in [-0.39, 0.29) is 6.04 Å². The molecule has 3 aromatic rings. The van der Waals surface area contributed by atoms with Gasteiger partial charge in [-0.05, 0) is 49.4 Å². The number of ether oxygens (including phenoxy) is 1. The molecule has 1 aromatic carbocycles. The fraction of sp³-hybridized carbons (Fsp3) is 0.158. The van der Waals surface area contributed by atoms with E-state index >= 15 is 0 Å². The van der Waals surface area contributed by atoms with Crippen LogP contribution in [0.4, 0.5) is 5.69 Å². The van der Waals surface area contributed by atoms with Crippen LogP contribution in [0.5, 0.6) is 5.75 Å². The number of nitrogens with zero attached hydrogens (tertiary/aromatic N) is 4. The second kappa shape index (κ2) is 6.20. The third-order valence-corrected chi connectivity index (χ3v) is 4.04. The molecule has 4 rings (SSSR count). The molecule has 0 radical (unpaired) electrons. The number of imidazole rings is 1. The lowest BCUT2D eigenvalue weighted by atomic mass is 10.1. The van der Waals surface area contributed by atoms with Crippen LogP contribution in [0, 0.1) is 0 Å². The lowest BCUT2D eigenvalue weighted by Crippen LogP contribution is -2.28. The number of aliphatic imine (C=N–C) groups is 1. The van der Waals surface area contributed by atoms with E-state index in [1.165, 1.54) is 0 Å². The summed E-state index contributed by atoms with van der Waals surface area (Å²) in [4.78, 5) is 10.9. The molecule has 3 heterocycles. The maximum atomic E-state index is 5.52. The van der Waals surface area contributed by atoms with Crippen LogP contribution >= 0.6 is 0 Å². The fourth-order valence-corrected chi connectivity index (χ4v) is 2.93. The van der Waals surface area contributed by atoms with Gasteiger partial charge in [0.2, 0.25) is 0 Å². The van der Waals surface area contributed by atoms with Crippen LogP contribution in [-0.4, -0.2) is 22.3 Å². The topological polar surface area (TPSA) is 42.1 Å². The highest BCUT2D eigenvalue weighted by molar-refractivity contribution is 5.82. The van der Waals surface area contributed by atoms with Crippen LogP contribution in [0.1, 0.15) is 18.7 Å². The molecule has 5 heteroatoms. The highest BCUT2D eigenvalue weighted by atomic mass is 16.5. The fourth-order valence-electron chi connectivity index (χ4n) is 2.93. The smallest absolute Gasteiger partial charge is 0.136 e. The molecular weight excluding hydrogens is 300 g/mol. The molecule has 1 atom stereocenters. The van der Waals surface area contributed by atoms with Crippen LogP contribution < -0.4 is 9.64 Å². The first kappa shape index (κ1) is 14.5. The van der Waals surface area contributed by atoms with Crippen molar-refractivity contribution >= 4 is 17.7 Å². The summed E-state index contributed by atoms with van der Waals surface area (Å²) in [5.74, 6) is 0.872. The zero-order valence-electron chi connectivity index (χ0n) is 13.4. The Morgan fingerprint density at radius 3 is 2.83 bits per heavy atom. The van der Waals surface area contributed by atoms with Crippen molar-refractivity contribution in [3.05, 3.63) is 72.8 Å². The van der Waals surface area contributed by atoms with Crippen molar-refractivity contribution in [3.8, 4) is 5.75 Å². The van der Waals surface area contributed by atoms with E-state index in [0.29, 0.717) is 6.61 Å². The highest BCUT2D eigenvalue weighted by Crippen LogP contribution is 2.30. The number of fused-ring (bicyclic) bond motifs is 1. The number of benzene rings is 1. The Morgan fingerprint density at radius 1 is 1.12 bits per heavy atom. The average molecular weight is 318 g/mol. The summed E-state index contributed by atoms with van der Waals surface area (Å²) in [5, 5.41) is 0. The van der Waals surface area contributed by atoms with Gasteiger partial charge in [-0.2, -0.15) is 0 Å². The summed E-state index contributed by atoms with van der Waals surface area (Å²) in [6.07, 6.45) is 9.71. The molecule has 0 saturated carbocycles. The van der Waals surface area contributed by atoms with Gasteiger partial charge in [0.1, 0.15) is 11.4 Å². The summed E-state index contributed by atoms with van der Waals surface area (Å²) in [5.41, 5.74) is 3.10. The largest absolute Gasteiger partial charge is 0.494 e. The summed E-state index contributed by atoms with van der Waals surface area (Å²) in [6.45, 7) is 2.65. The second-order valence-electron chi connectivity index (χ2n) is 5.50. The number of aromatic nitrogens is 2. The van der Waals surface area contributed by atoms with Crippen LogP contribution in [0.15, 0.2) is 72.1 Å². The van der Waals surface area contributed by atoms with Gasteiger partial charge in [0, 0.05) is 18.1 Å². The van der Waals surface area contributed by atoms with Crippen LogP contribution in [0.3, 0.4) is 0 Å². The Hall–Kier alpha value is -3.08. The van der Waals surface area contributed by atoms with Gasteiger partial charge in [-0.1, -0.05) is 6.07 Å². The van der Waals surface area contributed by atoms with Gasteiger partial charge in [-0.3, -0.25) is 0 Å². The zero-order chi connectivity index (χ0) is 16.4. The van der Waals surface area contributed by atoms with Crippen molar-refractivity contribution in [2.24, 2.45) is 4.99 Å². The first-order valence-electron chi connectivity index (χ1n) is 8.00. The highest BCUT2D eigenvalue weighted by Gasteiger charge is 2.22. The predicted octanol–water partition coefficient (Wildman–Crippen LogP) is 3.84. The van der Waals surface area contributed by atoms with E-state index in [1.54, 1.807) is 0 Å². The van der Waals surface area contributed by atoms with Gasteiger partial charge in [-0.25, -0.2) is 9.98 Å². The van der Waals surface area contributed by atoms with Crippen LogP contribution in [0.2, 0.25) is 0 Å². The zero-order valence-corrected chi connectivity index (χ0v) is 13.4. The molecule has 0 aliphatic carbocycles. The number of hydrogen-bond donors (Lipinski definition) is 0. The van der Waals surface area contributed by atoms with Crippen molar-refractivity contribution in [2.75, 3.05) is 11.5 Å². The van der Waals surface area contributed by atoms with E-state index in [4.69, 9.17) is 4.74 Å². The molecule has 0 spiro atoms. The van der Waals surface area contributed by atoms with E-state index < -0.39 is 0 Å². The third kappa shape index (κ3) is 2.54. The van der Waals surface area contributed by atoms with E-state index in [1.807, 2.05) is 74.3 Å². The maximum Gasteiger partial charge on any atom is 0.136 e. The number of hydrogen-bond acceptors (Lipinski definition) is 4. The SMILES string of the molecule is CCOc1ccc(N2C=NC=CC2c2cnc3ccccn23)cc1. The average Bonchev–Trinajstić information content (AvgIpc) is 3.07. The van der Waals surface area contributed by atoms with E-state index in [9.17, 15) is 0 Å². The van der Waals surface area contributed by atoms with Gasteiger partial charge in [0.05, 0.1) is 30.9 Å². The molecule has 24 heavy (non-hydrogen) atoms. The number of pyridine rings is 1. The summed E-state index contributed by atoms with van der Waals surface area (Å²) in [7, 11) is 0. The van der Waals surface area contributed by atoms with E-state index in [2.05, 4.69) is 25.4 Å². The van der Waals surface area contributed by atoms with Crippen molar-refractivity contribution in [1.82, 2.24) is 9.38 Å². The Kier molecular flexibility index (Phi) is 3.75. The van der Waals surface area contributed by atoms with Gasteiger partial charge in [0.15, 0.2) is 0 Å². The molecule has 2 aromatic heterocycles. The second-order valence-corrected chi connectivity index (χ2v) is 5.50. The number of rotatable bonds is 4. The molecular formula is C19H18N4O. The Morgan fingerprint density at radius 2 is 2.00 bits per heavy atom. The molecule has 0 fully saturated rings. The molecule has 0 bridgehead atoms. The Bertz CT molecular complexity index is 895. The molecule has 0 saturated heterocycles. The normalized spacial score (nSPS) is 16.7. The lowest BCUT2D eigenvalue weighted by Gasteiger charge is -2.29. The minimum absolute atomic E-state index is 0.0397. The molecule has 1 aliphatic rings. The van der Waals surface area contributed by atoms with Crippen molar-refractivity contribution in [3.63, 3.8) is 0 Å². The maximum absolute atomic E-state index is 5.52. The minimum Gasteiger partial charge on any atom is -0.494 e. The van der Waals surface area contributed by atoms with Crippen molar-refractivity contribution in [2.45, 2.75) is 13.0 Å². The molecule has 0 amide bonds. The number of anilines is 1. The Labute approximate surface area is 140 Å². The van der Waals surface area contributed by atoms with Crippen LogP contribution in [-0.2, 0) is 0 Å². The first-order valence-corrected chi connectivity index (χ1v) is 8.00. The van der Waals surface area contributed by atoms with Crippen molar-refractivity contribution in [1.29, 1.82) is 0 Å². The summed E-state index contributed by atoms with van der Waals surface area (Å²) >= 11 is 0. The van der Waals surface area contributed by atoms with Gasteiger partial charge in [0.25, 0.3) is 0 Å². The molecule has 0 N–H and O–H groups in total.